The third kappa shape index (κ3) is 13.5. The Morgan fingerprint density at radius 1 is 1.33 bits per heavy atom. The SMILES string of the molecule is CC(C)CN=C(N)NCCCC(=O)OC(C)C.I. The molecule has 3 N–H and O–H groups in total. The lowest BCUT2D eigenvalue weighted by Gasteiger charge is -2.08. The first kappa shape index (κ1) is 19.8. The molecule has 0 saturated carbocycles. The molecular formula is C12H26IN3O2. The van der Waals surface area contributed by atoms with Gasteiger partial charge in [-0.25, -0.2) is 0 Å². The summed E-state index contributed by atoms with van der Waals surface area (Å²) in [6, 6.07) is 0. The highest BCUT2D eigenvalue weighted by molar-refractivity contribution is 14.0. The van der Waals surface area contributed by atoms with Gasteiger partial charge in [-0.05, 0) is 26.2 Å². The van der Waals surface area contributed by atoms with E-state index in [4.69, 9.17) is 10.5 Å². The van der Waals surface area contributed by atoms with Gasteiger partial charge in [-0.2, -0.15) is 0 Å². The summed E-state index contributed by atoms with van der Waals surface area (Å²) >= 11 is 0. The lowest BCUT2D eigenvalue weighted by molar-refractivity contribution is -0.147. The smallest absolute Gasteiger partial charge is 0.306 e. The van der Waals surface area contributed by atoms with Gasteiger partial charge < -0.3 is 15.8 Å². The molecule has 0 bridgehead atoms. The van der Waals surface area contributed by atoms with Gasteiger partial charge in [0.2, 0.25) is 0 Å². The van der Waals surface area contributed by atoms with E-state index < -0.39 is 0 Å². The fourth-order valence-electron chi connectivity index (χ4n) is 1.11. The molecule has 18 heavy (non-hydrogen) atoms. The highest BCUT2D eigenvalue weighted by atomic mass is 127. The predicted octanol–water partition coefficient (Wildman–Crippen LogP) is 1.90. The number of nitrogens with zero attached hydrogens (tertiary/aromatic N) is 1. The van der Waals surface area contributed by atoms with Gasteiger partial charge in [0, 0.05) is 19.5 Å². The highest BCUT2D eigenvalue weighted by Crippen LogP contribution is 1.96. The van der Waals surface area contributed by atoms with Crippen LogP contribution in [0.5, 0.6) is 0 Å². The Labute approximate surface area is 127 Å². The van der Waals surface area contributed by atoms with Crippen LogP contribution in [0.25, 0.3) is 0 Å². The second-order valence-corrected chi connectivity index (χ2v) is 4.69. The Bertz CT molecular complexity index is 256. The minimum Gasteiger partial charge on any atom is -0.463 e. The molecule has 0 aromatic heterocycles. The van der Waals surface area contributed by atoms with Crippen LogP contribution in [0.4, 0.5) is 0 Å². The molecule has 0 aliphatic carbocycles. The maximum atomic E-state index is 11.2. The van der Waals surface area contributed by atoms with Crippen LogP contribution in [0.1, 0.15) is 40.5 Å². The second kappa shape index (κ2) is 11.6. The summed E-state index contributed by atoms with van der Waals surface area (Å²) in [7, 11) is 0. The summed E-state index contributed by atoms with van der Waals surface area (Å²) in [6.45, 7) is 9.20. The van der Waals surface area contributed by atoms with Crippen LogP contribution in [0, 0.1) is 5.92 Å². The lowest BCUT2D eigenvalue weighted by Crippen LogP contribution is -2.33. The van der Waals surface area contributed by atoms with Crippen LogP contribution in [0.3, 0.4) is 0 Å². The van der Waals surface area contributed by atoms with Crippen molar-refractivity contribution in [1.82, 2.24) is 5.32 Å². The molecule has 0 aliphatic rings. The molecule has 6 heteroatoms. The van der Waals surface area contributed by atoms with E-state index in [1.807, 2.05) is 13.8 Å². The lowest BCUT2D eigenvalue weighted by atomic mass is 10.2. The average molecular weight is 371 g/mol. The number of carbonyl (C=O) groups excluding carboxylic acids is 1. The van der Waals surface area contributed by atoms with Crippen LogP contribution in [0.15, 0.2) is 4.99 Å². The first-order valence-corrected chi connectivity index (χ1v) is 6.15. The normalized spacial score (nSPS) is 11.3. The van der Waals surface area contributed by atoms with Gasteiger partial charge in [0.15, 0.2) is 5.96 Å². The summed E-state index contributed by atoms with van der Waals surface area (Å²) in [5, 5.41) is 2.97. The molecule has 0 rings (SSSR count). The molecule has 0 unspecified atom stereocenters. The van der Waals surface area contributed by atoms with Gasteiger partial charge in [0.1, 0.15) is 0 Å². The molecule has 0 aliphatic heterocycles. The fraction of sp³-hybridized carbons (Fsp3) is 0.833. The van der Waals surface area contributed by atoms with Gasteiger partial charge in [-0.1, -0.05) is 13.8 Å². The monoisotopic (exact) mass is 371 g/mol. The number of esters is 1. The highest BCUT2D eigenvalue weighted by Gasteiger charge is 2.04. The number of nitrogens with one attached hydrogen (secondary N) is 1. The van der Waals surface area contributed by atoms with Crippen molar-refractivity contribution in [3.05, 3.63) is 0 Å². The first-order valence-electron chi connectivity index (χ1n) is 6.15. The van der Waals surface area contributed by atoms with Gasteiger partial charge in [0.05, 0.1) is 6.10 Å². The van der Waals surface area contributed by atoms with Gasteiger partial charge >= 0.3 is 5.97 Å². The van der Waals surface area contributed by atoms with Crippen LogP contribution in [-0.4, -0.2) is 31.1 Å². The third-order valence-electron chi connectivity index (χ3n) is 1.86. The van der Waals surface area contributed by atoms with E-state index >= 15 is 0 Å². The molecule has 5 nitrogen and oxygen atoms in total. The van der Waals surface area contributed by atoms with Crippen molar-refractivity contribution in [2.24, 2.45) is 16.6 Å². The number of ether oxygens (including phenoxy) is 1. The van der Waals surface area contributed by atoms with E-state index in [9.17, 15) is 4.79 Å². The van der Waals surface area contributed by atoms with Crippen molar-refractivity contribution < 1.29 is 9.53 Å². The van der Waals surface area contributed by atoms with E-state index in [0.29, 0.717) is 37.8 Å². The number of hydrogen-bond donors (Lipinski definition) is 2. The van der Waals surface area contributed by atoms with Crippen molar-refractivity contribution in [1.29, 1.82) is 0 Å². The van der Waals surface area contributed by atoms with Crippen molar-refractivity contribution in [2.45, 2.75) is 46.6 Å². The summed E-state index contributed by atoms with van der Waals surface area (Å²) in [4.78, 5) is 15.4. The zero-order chi connectivity index (χ0) is 13.3. The zero-order valence-corrected chi connectivity index (χ0v) is 14.1. The van der Waals surface area contributed by atoms with E-state index in [1.54, 1.807) is 0 Å². The van der Waals surface area contributed by atoms with Crippen molar-refractivity contribution in [3.8, 4) is 0 Å². The summed E-state index contributed by atoms with van der Waals surface area (Å²) in [5.41, 5.74) is 5.64. The molecule has 0 aromatic rings. The molecule has 108 valence electrons. The minimum absolute atomic E-state index is 0. The molecule has 0 spiro atoms. The molecule has 0 saturated heterocycles. The summed E-state index contributed by atoms with van der Waals surface area (Å²) < 4.78 is 5.01. The maximum Gasteiger partial charge on any atom is 0.306 e. The Balaban J connectivity index is 0. The molecule has 0 atom stereocenters. The van der Waals surface area contributed by atoms with Crippen LogP contribution in [0.2, 0.25) is 0 Å². The fourth-order valence-corrected chi connectivity index (χ4v) is 1.11. The topological polar surface area (TPSA) is 76.7 Å². The molecule has 0 amide bonds. The zero-order valence-electron chi connectivity index (χ0n) is 11.7. The quantitative estimate of drug-likeness (QED) is 0.236. The van der Waals surface area contributed by atoms with Gasteiger partial charge in [-0.3, -0.25) is 9.79 Å². The molecule has 0 radical (unpaired) electrons. The van der Waals surface area contributed by atoms with Crippen molar-refractivity contribution in [3.63, 3.8) is 0 Å². The van der Waals surface area contributed by atoms with Gasteiger partial charge in [-0.15, -0.1) is 24.0 Å². The van der Waals surface area contributed by atoms with Crippen LogP contribution in [-0.2, 0) is 9.53 Å². The predicted molar refractivity (Wildman–Crippen MR) is 85.2 cm³/mol. The Morgan fingerprint density at radius 2 is 1.94 bits per heavy atom. The molecule has 0 aromatic carbocycles. The Kier molecular flexibility index (Phi) is 12.7. The third-order valence-corrected chi connectivity index (χ3v) is 1.86. The first-order chi connectivity index (χ1) is 7.91. The molecular weight excluding hydrogens is 345 g/mol. The number of hydrogen-bond acceptors (Lipinski definition) is 3. The largest absolute Gasteiger partial charge is 0.463 e. The maximum absolute atomic E-state index is 11.2. The standard InChI is InChI=1S/C12H25N3O2.HI/c1-9(2)8-15-12(13)14-7-5-6-11(16)17-10(3)4;/h9-10H,5-8H2,1-4H3,(H3,13,14,15);1H. The summed E-state index contributed by atoms with van der Waals surface area (Å²) in [6.07, 6.45) is 1.06. The Hall–Kier alpha value is -0.530. The van der Waals surface area contributed by atoms with Crippen molar-refractivity contribution >= 4 is 35.9 Å². The van der Waals surface area contributed by atoms with E-state index in [0.717, 1.165) is 0 Å². The number of rotatable bonds is 7. The number of aliphatic imine (C=N–C) groups is 1. The molecule has 0 fully saturated rings. The number of guanidine groups is 1. The number of halogens is 1. The van der Waals surface area contributed by atoms with Crippen LogP contribution >= 0.6 is 24.0 Å². The second-order valence-electron chi connectivity index (χ2n) is 4.69. The van der Waals surface area contributed by atoms with E-state index in [2.05, 4.69) is 24.2 Å². The van der Waals surface area contributed by atoms with Crippen molar-refractivity contribution in [2.75, 3.05) is 13.1 Å². The van der Waals surface area contributed by atoms with E-state index in [1.165, 1.54) is 0 Å². The van der Waals surface area contributed by atoms with E-state index in [-0.39, 0.29) is 36.0 Å². The average Bonchev–Trinajstić information content (AvgIpc) is 2.20. The number of carbonyl (C=O) groups is 1. The minimum atomic E-state index is -0.167. The number of nitrogens with two attached hydrogens (primary N) is 1. The molecule has 0 heterocycles. The summed E-state index contributed by atoms with van der Waals surface area (Å²) in [5.74, 6) is 0.770. The Morgan fingerprint density at radius 3 is 2.44 bits per heavy atom. The van der Waals surface area contributed by atoms with Crippen LogP contribution < -0.4 is 11.1 Å². The van der Waals surface area contributed by atoms with Gasteiger partial charge in [0.25, 0.3) is 0 Å².